The Labute approximate surface area is 138 Å². The van der Waals surface area contributed by atoms with Crippen molar-refractivity contribution >= 4 is 5.97 Å². The monoisotopic (exact) mass is 318 g/mol. The van der Waals surface area contributed by atoms with Crippen molar-refractivity contribution in [2.45, 2.75) is 52.6 Å². The van der Waals surface area contributed by atoms with Gasteiger partial charge in [0.25, 0.3) is 0 Å². The van der Waals surface area contributed by atoms with Gasteiger partial charge in [-0.2, -0.15) is 0 Å². The number of benzene rings is 1. The molecule has 0 fully saturated rings. The van der Waals surface area contributed by atoms with Crippen molar-refractivity contribution in [3.8, 4) is 11.5 Å². The minimum absolute atomic E-state index is 0.0535. The molecule has 126 valence electrons. The topological polar surface area (TPSA) is 66.8 Å². The molecule has 1 rings (SSSR count). The standard InChI is InChI=1S/C19H26O4/c1-5-7-8-9-11-15(10-6-2)23-16-12-13(3)17(19(21)22)18(20)14(16)4/h6-8,12,15,20H,2,5,9-11H2,1,3-4H3,(H,21,22). The normalized spacial score (nSPS) is 12.3. The average molecular weight is 318 g/mol. The van der Waals surface area contributed by atoms with Gasteiger partial charge >= 0.3 is 5.97 Å². The lowest BCUT2D eigenvalue weighted by atomic mass is 10.0. The van der Waals surface area contributed by atoms with E-state index >= 15 is 0 Å². The molecule has 0 heterocycles. The highest BCUT2D eigenvalue weighted by atomic mass is 16.5. The van der Waals surface area contributed by atoms with Crippen molar-refractivity contribution < 1.29 is 19.7 Å². The number of aromatic carboxylic acids is 1. The highest BCUT2D eigenvalue weighted by molar-refractivity contribution is 5.93. The maximum Gasteiger partial charge on any atom is 0.339 e. The molecule has 0 aliphatic rings. The first kappa shape index (κ1) is 18.8. The van der Waals surface area contributed by atoms with E-state index in [4.69, 9.17) is 4.74 Å². The summed E-state index contributed by atoms with van der Waals surface area (Å²) in [7, 11) is 0. The zero-order valence-corrected chi connectivity index (χ0v) is 14.1. The van der Waals surface area contributed by atoms with Gasteiger partial charge in [-0.05, 0) is 44.7 Å². The van der Waals surface area contributed by atoms with E-state index in [1.165, 1.54) is 0 Å². The number of rotatable bonds is 9. The van der Waals surface area contributed by atoms with Gasteiger partial charge in [0.1, 0.15) is 23.2 Å². The number of aryl methyl sites for hydroxylation is 1. The van der Waals surface area contributed by atoms with E-state index in [1.54, 1.807) is 19.9 Å². The predicted molar refractivity (Wildman–Crippen MR) is 92.4 cm³/mol. The van der Waals surface area contributed by atoms with Crippen LogP contribution in [0.5, 0.6) is 11.5 Å². The van der Waals surface area contributed by atoms with Gasteiger partial charge in [0.15, 0.2) is 0 Å². The quantitative estimate of drug-likeness (QED) is 0.643. The van der Waals surface area contributed by atoms with Gasteiger partial charge in [-0.25, -0.2) is 4.79 Å². The van der Waals surface area contributed by atoms with E-state index in [0.29, 0.717) is 23.3 Å². The molecule has 2 N–H and O–H groups in total. The van der Waals surface area contributed by atoms with Crippen LogP contribution in [0.1, 0.15) is 54.1 Å². The number of carbonyl (C=O) groups is 1. The van der Waals surface area contributed by atoms with Gasteiger partial charge in [-0.15, -0.1) is 6.58 Å². The Balaban J connectivity index is 2.98. The van der Waals surface area contributed by atoms with Crippen LogP contribution in [0.15, 0.2) is 30.9 Å². The Morgan fingerprint density at radius 3 is 2.65 bits per heavy atom. The van der Waals surface area contributed by atoms with Crippen LogP contribution in [-0.2, 0) is 0 Å². The first-order chi connectivity index (χ1) is 10.9. The molecule has 1 unspecified atom stereocenters. The minimum atomic E-state index is -1.14. The molecule has 4 heteroatoms. The number of carboxylic acid groups (broad SMARTS) is 1. The van der Waals surface area contributed by atoms with Gasteiger partial charge in [0.2, 0.25) is 0 Å². The Morgan fingerprint density at radius 2 is 2.09 bits per heavy atom. The largest absolute Gasteiger partial charge is 0.507 e. The number of phenols is 1. The molecular weight excluding hydrogens is 292 g/mol. The summed E-state index contributed by atoms with van der Waals surface area (Å²) in [4.78, 5) is 11.2. The Kier molecular flexibility index (Phi) is 7.39. The molecule has 0 spiro atoms. The fourth-order valence-corrected chi connectivity index (χ4v) is 2.42. The average Bonchev–Trinajstić information content (AvgIpc) is 2.48. The Bertz CT molecular complexity index is 588. The zero-order valence-electron chi connectivity index (χ0n) is 14.1. The fraction of sp³-hybridized carbons (Fsp3) is 0.421. The SMILES string of the molecule is C=CCC(CCC=CCC)Oc1cc(C)c(C(=O)O)c(O)c1C. The molecular formula is C19H26O4. The maximum absolute atomic E-state index is 11.2. The third-order valence-electron chi connectivity index (χ3n) is 3.70. The van der Waals surface area contributed by atoms with Crippen molar-refractivity contribution in [3.63, 3.8) is 0 Å². The highest BCUT2D eigenvalue weighted by Crippen LogP contribution is 2.34. The van der Waals surface area contributed by atoms with Crippen LogP contribution in [0.3, 0.4) is 0 Å². The second kappa shape index (κ2) is 9.03. The molecule has 0 radical (unpaired) electrons. The number of hydrogen-bond acceptors (Lipinski definition) is 3. The smallest absolute Gasteiger partial charge is 0.339 e. The molecule has 1 atom stereocenters. The number of carboxylic acids is 1. The summed E-state index contributed by atoms with van der Waals surface area (Å²) < 4.78 is 6.00. The lowest BCUT2D eigenvalue weighted by Crippen LogP contribution is -2.16. The zero-order chi connectivity index (χ0) is 17.4. The fourth-order valence-electron chi connectivity index (χ4n) is 2.42. The molecule has 0 aliphatic heterocycles. The molecule has 4 nitrogen and oxygen atoms in total. The van der Waals surface area contributed by atoms with Gasteiger partial charge < -0.3 is 14.9 Å². The lowest BCUT2D eigenvalue weighted by Gasteiger charge is -2.20. The summed E-state index contributed by atoms with van der Waals surface area (Å²) in [6.45, 7) is 9.17. The molecule has 0 saturated carbocycles. The molecule has 23 heavy (non-hydrogen) atoms. The van der Waals surface area contributed by atoms with E-state index in [1.807, 2.05) is 6.08 Å². The van der Waals surface area contributed by atoms with E-state index in [9.17, 15) is 15.0 Å². The van der Waals surface area contributed by atoms with E-state index < -0.39 is 5.97 Å². The summed E-state index contributed by atoms with van der Waals surface area (Å²) in [5, 5.41) is 19.3. The van der Waals surface area contributed by atoms with Crippen molar-refractivity contribution in [2.24, 2.45) is 0 Å². The van der Waals surface area contributed by atoms with Crippen molar-refractivity contribution in [2.75, 3.05) is 0 Å². The Hall–Kier alpha value is -2.23. The number of hydrogen-bond donors (Lipinski definition) is 2. The number of ether oxygens (including phenoxy) is 1. The predicted octanol–water partition coefficient (Wildman–Crippen LogP) is 4.78. The van der Waals surface area contributed by atoms with Crippen LogP contribution in [0.4, 0.5) is 0 Å². The summed E-state index contributed by atoms with van der Waals surface area (Å²) in [6.07, 6.45) is 9.45. The maximum atomic E-state index is 11.2. The highest BCUT2D eigenvalue weighted by Gasteiger charge is 2.20. The van der Waals surface area contributed by atoms with Gasteiger partial charge in [-0.1, -0.05) is 25.2 Å². The molecule has 0 aromatic heterocycles. The van der Waals surface area contributed by atoms with E-state index in [-0.39, 0.29) is 17.4 Å². The third-order valence-corrected chi connectivity index (χ3v) is 3.70. The van der Waals surface area contributed by atoms with E-state index in [2.05, 4.69) is 25.7 Å². The third kappa shape index (κ3) is 5.16. The van der Waals surface area contributed by atoms with Crippen LogP contribution in [0.25, 0.3) is 0 Å². The van der Waals surface area contributed by atoms with Crippen molar-refractivity contribution in [1.82, 2.24) is 0 Å². The Morgan fingerprint density at radius 1 is 1.39 bits per heavy atom. The second-order valence-corrected chi connectivity index (χ2v) is 5.57. The second-order valence-electron chi connectivity index (χ2n) is 5.57. The lowest BCUT2D eigenvalue weighted by molar-refractivity contribution is 0.0692. The van der Waals surface area contributed by atoms with Crippen LogP contribution in [-0.4, -0.2) is 22.3 Å². The van der Waals surface area contributed by atoms with Crippen LogP contribution < -0.4 is 4.74 Å². The summed E-state index contributed by atoms with van der Waals surface area (Å²) in [5.74, 6) is -0.839. The van der Waals surface area contributed by atoms with E-state index in [0.717, 1.165) is 19.3 Å². The van der Waals surface area contributed by atoms with Crippen LogP contribution in [0, 0.1) is 13.8 Å². The molecule has 0 bridgehead atoms. The number of allylic oxidation sites excluding steroid dienone is 2. The van der Waals surface area contributed by atoms with Crippen molar-refractivity contribution in [3.05, 3.63) is 47.6 Å². The molecule has 0 aliphatic carbocycles. The summed E-state index contributed by atoms with van der Waals surface area (Å²) >= 11 is 0. The number of aromatic hydroxyl groups is 1. The summed E-state index contributed by atoms with van der Waals surface area (Å²) in [5.41, 5.74) is 0.867. The van der Waals surface area contributed by atoms with Gasteiger partial charge in [0.05, 0.1) is 0 Å². The minimum Gasteiger partial charge on any atom is -0.507 e. The molecule has 0 saturated heterocycles. The van der Waals surface area contributed by atoms with Gasteiger partial charge in [-0.3, -0.25) is 0 Å². The van der Waals surface area contributed by atoms with Crippen molar-refractivity contribution in [1.29, 1.82) is 0 Å². The molecule has 0 amide bonds. The first-order valence-corrected chi connectivity index (χ1v) is 7.91. The molecule has 1 aromatic carbocycles. The van der Waals surface area contributed by atoms with Gasteiger partial charge in [0, 0.05) is 12.0 Å². The van der Waals surface area contributed by atoms with Crippen LogP contribution in [0.2, 0.25) is 0 Å². The summed E-state index contributed by atoms with van der Waals surface area (Å²) in [6, 6.07) is 1.68. The molecule has 1 aromatic rings. The van der Waals surface area contributed by atoms with Crippen LogP contribution >= 0.6 is 0 Å². The first-order valence-electron chi connectivity index (χ1n) is 7.91.